The summed E-state index contributed by atoms with van der Waals surface area (Å²) >= 11 is 1.35. The third-order valence-corrected chi connectivity index (χ3v) is 5.75. The van der Waals surface area contributed by atoms with E-state index in [1.165, 1.54) is 28.0 Å². The molecule has 0 aliphatic carbocycles. The Hall–Kier alpha value is -2.57. The van der Waals surface area contributed by atoms with Crippen LogP contribution in [0, 0.1) is 13.8 Å². The maximum atomic E-state index is 12.4. The highest BCUT2D eigenvalue weighted by atomic mass is 32.1. The maximum absolute atomic E-state index is 12.4. The fourth-order valence-electron chi connectivity index (χ4n) is 2.82. The summed E-state index contributed by atoms with van der Waals surface area (Å²) in [5, 5.41) is 12.4. The Morgan fingerprint density at radius 1 is 1.04 bits per heavy atom. The van der Waals surface area contributed by atoms with E-state index in [9.17, 15) is 4.79 Å². The number of rotatable bonds is 7. The zero-order valence-electron chi connectivity index (χ0n) is 16.8. The third-order valence-electron chi connectivity index (χ3n) is 4.84. The van der Waals surface area contributed by atoms with Crippen LogP contribution in [0.5, 0.6) is 0 Å². The highest BCUT2D eigenvalue weighted by Gasteiger charge is 2.17. The molecular weight excluding hydrogens is 368 g/mol. The smallest absolute Gasteiger partial charge is 0.282 e. The molecule has 1 amide bonds. The molecule has 0 aliphatic rings. The predicted octanol–water partition coefficient (Wildman–Crippen LogP) is 4.28. The molecule has 1 atom stereocenters. The number of amides is 1. The molecule has 1 N–H and O–H groups in total. The molecule has 0 saturated heterocycles. The van der Waals surface area contributed by atoms with Crippen LogP contribution in [0.25, 0.3) is 0 Å². The van der Waals surface area contributed by atoms with Crippen molar-refractivity contribution in [3.05, 3.63) is 80.8 Å². The number of carbonyl (C=O) groups excluding carboxylic acids is 1. The van der Waals surface area contributed by atoms with Crippen LogP contribution in [0.15, 0.2) is 48.5 Å². The number of hydrogen-bond acceptors (Lipinski definition) is 5. The molecular formula is C22H26N4OS. The number of hydrogen-bond donors (Lipinski definition) is 1. The Kier molecular flexibility index (Phi) is 6.54. The van der Waals surface area contributed by atoms with Crippen LogP contribution in [0.3, 0.4) is 0 Å². The van der Waals surface area contributed by atoms with Crippen LogP contribution in [-0.4, -0.2) is 28.1 Å². The molecule has 3 rings (SSSR count). The number of benzene rings is 2. The van der Waals surface area contributed by atoms with Crippen molar-refractivity contribution in [2.75, 3.05) is 7.05 Å². The van der Waals surface area contributed by atoms with Gasteiger partial charge in [-0.05, 0) is 38.9 Å². The molecule has 0 bridgehead atoms. The first-order chi connectivity index (χ1) is 13.4. The van der Waals surface area contributed by atoms with Gasteiger partial charge < -0.3 is 5.32 Å². The summed E-state index contributed by atoms with van der Waals surface area (Å²) in [5.74, 6) is -0.182. The highest BCUT2D eigenvalue weighted by molar-refractivity contribution is 7.13. The molecule has 5 nitrogen and oxygen atoms in total. The lowest BCUT2D eigenvalue weighted by molar-refractivity contribution is 0.0950. The first kappa shape index (κ1) is 20.2. The van der Waals surface area contributed by atoms with Crippen LogP contribution in [0.2, 0.25) is 0 Å². The second-order valence-corrected chi connectivity index (χ2v) is 8.23. The molecule has 28 heavy (non-hydrogen) atoms. The van der Waals surface area contributed by atoms with E-state index in [0.717, 1.165) is 10.6 Å². The lowest BCUT2D eigenvalue weighted by atomic mass is 10.1. The highest BCUT2D eigenvalue weighted by Crippen LogP contribution is 2.22. The number of aromatic nitrogens is 2. The van der Waals surface area contributed by atoms with Crippen LogP contribution in [-0.2, 0) is 13.1 Å². The van der Waals surface area contributed by atoms with E-state index >= 15 is 0 Å². The Morgan fingerprint density at radius 2 is 1.64 bits per heavy atom. The van der Waals surface area contributed by atoms with Crippen molar-refractivity contribution >= 4 is 17.2 Å². The molecule has 0 saturated carbocycles. The van der Waals surface area contributed by atoms with Crippen LogP contribution >= 0.6 is 11.3 Å². The lowest BCUT2D eigenvalue weighted by Crippen LogP contribution is -2.22. The zero-order valence-corrected chi connectivity index (χ0v) is 17.6. The molecule has 146 valence electrons. The van der Waals surface area contributed by atoms with E-state index in [0.29, 0.717) is 18.1 Å². The number of nitrogens with zero attached hydrogens (tertiary/aromatic N) is 3. The third kappa shape index (κ3) is 5.24. The van der Waals surface area contributed by atoms with E-state index in [1.807, 2.05) is 31.2 Å². The molecule has 0 aliphatic heterocycles. The van der Waals surface area contributed by atoms with Gasteiger partial charge in [-0.2, -0.15) is 0 Å². The van der Waals surface area contributed by atoms with Crippen molar-refractivity contribution in [1.82, 2.24) is 20.4 Å². The molecule has 2 aromatic carbocycles. The van der Waals surface area contributed by atoms with Crippen molar-refractivity contribution in [1.29, 1.82) is 0 Å². The van der Waals surface area contributed by atoms with E-state index in [-0.39, 0.29) is 11.9 Å². The van der Waals surface area contributed by atoms with Crippen molar-refractivity contribution in [2.45, 2.75) is 39.9 Å². The minimum atomic E-state index is -0.182. The summed E-state index contributed by atoms with van der Waals surface area (Å²) in [6.45, 7) is 7.43. The summed E-state index contributed by atoms with van der Waals surface area (Å²) in [6.07, 6.45) is 0. The number of nitrogens with one attached hydrogen (secondary N) is 1. The summed E-state index contributed by atoms with van der Waals surface area (Å²) < 4.78 is 0. The zero-order chi connectivity index (χ0) is 20.1. The summed E-state index contributed by atoms with van der Waals surface area (Å²) in [6, 6.07) is 16.9. The average molecular weight is 395 g/mol. The minimum Gasteiger partial charge on any atom is -0.346 e. The van der Waals surface area contributed by atoms with Gasteiger partial charge in [0.15, 0.2) is 0 Å². The van der Waals surface area contributed by atoms with Gasteiger partial charge >= 0.3 is 0 Å². The van der Waals surface area contributed by atoms with E-state index in [4.69, 9.17) is 0 Å². The van der Waals surface area contributed by atoms with Crippen molar-refractivity contribution in [3.8, 4) is 0 Å². The van der Waals surface area contributed by atoms with Gasteiger partial charge in [-0.25, -0.2) is 0 Å². The Bertz CT molecular complexity index is 918. The van der Waals surface area contributed by atoms with Crippen molar-refractivity contribution < 1.29 is 4.79 Å². The predicted molar refractivity (Wildman–Crippen MR) is 113 cm³/mol. The van der Waals surface area contributed by atoms with Crippen LogP contribution < -0.4 is 5.32 Å². The van der Waals surface area contributed by atoms with Crippen LogP contribution in [0.1, 0.15) is 50.0 Å². The van der Waals surface area contributed by atoms with E-state index in [2.05, 4.69) is 65.6 Å². The molecule has 0 radical (unpaired) electrons. The molecule has 0 spiro atoms. The molecule has 1 heterocycles. The topological polar surface area (TPSA) is 58.1 Å². The quantitative estimate of drug-likeness (QED) is 0.650. The van der Waals surface area contributed by atoms with Gasteiger partial charge in [0.2, 0.25) is 5.01 Å². The summed E-state index contributed by atoms with van der Waals surface area (Å²) in [5.41, 5.74) is 4.78. The minimum absolute atomic E-state index is 0.182. The molecule has 0 fully saturated rings. The van der Waals surface area contributed by atoms with Gasteiger partial charge in [-0.3, -0.25) is 9.69 Å². The first-order valence-electron chi connectivity index (χ1n) is 9.35. The summed E-state index contributed by atoms with van der Waals surface area (Å²) in [7, 11) is 2.06. The first-order valence-corrected chi connectivity index (χ1v) is 10.2. The summed E-state index contributed by atoms with van der Waals surface area (Å²) in [4.78, 5) is 14.6. The van der Waals surface area contributed by atoms with Crippen molar-refractivity contribution in [3.63, 3.8) is 0 Å². The van der Waals surface area contributed by atoms with E-state index in [1.54, 1.807) is 0 Å². The second kappa shape index (κ2) is 9.08. The van der Waals surface area contributed by atoms with Gasteiger partial charge in [-0.15, -0.1) is 10.2 Å². The fraction of sp³-hybridized carbons (Fsp3) is 0.318. The molecule has 1 unspecified atom stereocenters. The maximum Gasteiger partial charge on any atom is 0.282 e. The monoisotopic (exact) mass is 394 g/mol. The fourth-order valence-corrected chi connectivity index (χ4v) is 3.64. The van der Waals surface area contributed by atoms with Crippen molar-refractivity contribution in [2.24, 2.45) is 0 Å². The van der Waals surface area contributed by atoms with Crippen LogP contribution in [0.4, 0.5) is 0 Å². The average Bonchev–Trinajstić information content (AvgIpc) is 3.16. The molecule has 3 aromatic rings. The SMILES string of the molecule is Cc1ccc(CNC(=O)c2nnc(CN(C)C(C)c3ccc(C)cc3)s2)cc1. The molecule has 6 heteroatoms. The lowest BCUT2D eigenvalue weighted by Gasteiger charge is -2.24. The van der Waals surface area contributed by atoms with E-state index < -0.39 is 0 Å². The standard InChI is InChI=1S/C22H26N4OS/c1-15-5-9-18(10-6-15)13-23-21(27)22-25-24-20(28-22)14-26(4)17(3)19-11-7-16(2)8-12-19/h5-12,17H,13-14H2,1-4H3,(H,23,27). The van der Waals surface area contributed by atoms with Gasteiger partial charge in [-0.1, -0.05) is 71.0 Å². The van der Waals surface area contributed by atoms with Gasteiger partial charge in [0, 0.05) is 12.6 Å². The Balaban J connectivity index is 1.56. The largest absolute Gasteiger partial charge is 0.346 e. The number of aryl methyl sites for hydroxylation is 2. The van der Waals surface area contributed by atoms with Gasteiger partial charge in [0.1, 0.15) is 5.01 Å². The van der Waals surface area contributed by atoms with Gasteiger partial charge in [0.25, 0.3) is 5.91 Å². The van der Waals surface area contributed by atoms with Gasteiger partial charge in [0.05, 0.1) is 6.54 Å². The second-order valence-electron chi connectivity index (χ2n) is 7.17. The normalized spacial score (nSPS) is 12.2. The molecule has 1 aromatic heterocycles. The number of carbonyl (C=O) groups is 1. The Labute approximate surface area is 170 Å². The Morgan fingerprint density at radius 3 is 2.29 bits per heavy atom.